The monoisotopic (exact) mass is 208 g/mol. The minimum absolute atomic E-state index is 0.548. The summed E-state index contributed by atoms with van der Waals surface area (Å²) in [6.07, 6.45) is 4.61. The van der Waals surface area contributed by atoms with Gasteiger partial charge in [-0.25, -0.2) is 19.6 Å². The largest absolute Gasteiger partial charge is 0.396 e. The average molecular weight is 208 g/mol. The zero-order valence-corrected chi connectivity index (χ0v) is 8.27. The van der Waals surface area contributed by atoms with Crippen molar-refractivity contribution in [3.63, 3.8) is 0 Å². The first-order valence-electron chi connectivity index (χ1n) is 3.85. The van der Waals surface area contributed by atoms with Crippen LogP contribution in [0.4, 0.5) is 5.69 Å². The van der Waals surface area contributed by atoms with Crippen LogP contribution in [0.25, 0.3) is 0 Å². The molecule has 0 aliphatic heterocycles. The standard InChI is InChI=1S/C7H8N6S/c1-13-7(11-4-12-13)14-6-9-2-5(8)3-10-6/h2-4H,8H2,1H3. The Balaban J connectivity index is 2.19. The fourth-order valence-electron chi connectivity index (χ4n) is 0.839. The molecular weight excluding hydrogens is 200 g/mol. The molecule has 0 fully saturated rings. The van der Waals surface area contributed by atoms with Crippen LogP contribution in [0, 0.1) is 0 Å². The van der Waals surface area contributed by atoms with E-state index in [0.717, 1.165) is 5.16 Å². The Morgan fingerprint density at radius 2 is 2.00 bits per heavy atom. The first-order chi connectivity index (χ1) is 6.75. The van der Waals surface area contributed by atoms with Gasteiger partial charge in [-0.05, 0) is 11.8 Å². The number of nitrogens with zero attached hydrogens (tertiary/aromatic N) is 5. The number of aromatic nitrogens is 5. The minimum atomic E-state index is 0.548. The summed E-state index contributed by atoms with van der Waals surface area (Å²) in [4.78, 5) is 12.1. The molecule has 2 rings (SSSR count). The maximum atomic E-state index is 5.46. The average Bonchev–Trinajstić information content (AvgIpc) is 2.56. The summed E-state index contributed by atoms with van der Waals surface area (Å²) in [6, 6.07) is 0. The minimum Gasteiger partial charge on any atom is -0.396 e. The van der Waals surface area contributed by atoms with Gasteiger partial charge < -0.3 is 5.73 Å². The second kappa shape index (κ2) is 3.62. The highest BCUT2D eigenvalue weighted by atomic mass is 32.2. The van der Waals surface area contributed by atoms with Crippen molar-refractivity contribution in [2.45, 2.75) is 10.3 Å². The third-order valence-electron chi connectivity index (χ3n) is 1.50. The summed E-state index contributed by atoms with van der Waals surface area (Å²) < 4.78 is 1.66. The molecule has 72 valence electrons. The Bertz CT molecular complexity index is 422. The summed E-state index contributed by atoms with van der Waals surface area (Å²) >= 11 is 1.34. The lowest BCUT2D eigenvalue weighted by Gasteiger charge is -1.98. The second-order valence-electron chi connectivity index (χ2n) is 2.57. The number of hydrogen-bond acceptors (Lipinski definition) is 6. The fourth-order valence-corrected chi connectivity index (χ4v) is 1.49. The van der Waals surface area contributed by atoms with Crippen LogP contribution >= 0.6 is 11.8 Å². The molecule has 0 atom stereocenters. The maximum absolute atomic E-state index is 5.46. The third-order valence-corrected chi connectivity index (χ3v) is 2.45. The van der Waals surface area contributed by atoms with Gasteiger partial charge >= 0.3 is 0 Å². The van der Waals surface area contributed by atoms with E-state index in [-0.39, 0.29) is 0 Å². The van der Waals surface area contributed by atoms with Gasteiger partial charge in [0.25, 0.3) is 0 Å². The first-order valence-corrected chi connectivity index (χ1v) is 4.67. The number of aryl methyl sites for hydroxylation is 1. The summed E-state index contributed by atoms with van der Waals surface area (Å²) in [6.45, 7) is 0. The van der Waals surface area contributed by atoms with Crippen molar-refractivity contribution in [3.05, 3.63) is 18.7 Å². The summed E-state index contributed by atoms with van der Waals surface area (Å²) in [7, 11) is 1.81. The molecule has 0 radical (unpaired) electrons. The van der Waals surface area contributed by atoms with Gasteiger partial charge in [0, 0.05) is 7.05 Å². The predicted molar refractivity (Wildman–Crippen MR) is 51.6 cm³/mol. The van der Waals surface area contributed by atoms with E-state index >= 15 is 0 Å². The van der Waals surface area contributed by atoms with Crippen molar-refractivity contribution in [1.29, 1.82) is 0 Å². The van der Waals surface area contributed by atoms with Crippen LogP contribution in [-0.2, 0) is 7.05 Å². The van der Waals surface area contributed by atoms with Crippen LogP contribution in [0.1, 0.15) is 0 Å². The quantitative estimate of drug-likeness (QED) is 0.716. The molecule has 0 saturated carbocycles. The molecule has 2 N–H and O–H groups in total. The highest BCUT2D eigenvalue weighted by molar-refractivity contribution is 7.99. The smallest absolute Gasteiger partial charge is 0.195 e. The molecule has 0 aliphatic carbocycles. The molecule has 0 unspecified atom stereocenters. The van der Waals surface area contributed by atoms with E-state index < -0.39 is 0 Å². The van der Waals surface area contributed by atoms with Gasteiger partial charge in [-0.15, -0.1) is 0 Å². The zero-order valence-electron chi connectivity index (χ0n) is 7.45. The zero-order chi connectivity index (χ0) is 9.97. The van der Waals surface area contributed by atoms with Gasteiger partial charge in [-0.3, -0.25) is 0 Å². The lowest BCUT2D eigenvalue weighted by atomic mass is 10.6. The fraction of sp³-hybridized carbons (Fsp3) is 0.143. The van der Waals surface area contributed by atoms with Crippen LogP contribution in [-0.4, -0.2) is 24.7 Å². The van der Waals surface area contributed by atoms with Crippen molar-refractivity contribution in [2.24, 2.45) is 7.05 Å². The summed E-state index contributed by atoms with van der Waals surface area (Å²) in [5.74, 6) is 0. The number of nitrogens with two attached hydrogens (primary N) is 1. The van der Waals surface area contributed by atoms with E-state index in [1.807, 2.05) is 7.05 Å². The molecule has 14 heavy (non-hydrogen) atoms. The van der Waals surface area contributed by atoms with E-state index in [1.54, 1.807) is 17.1 Å². The lowest BCUT2D eigenvalue weighted by Crippen LogP contribution is -1.95. The highest BCUT2D eigenvalue weighted by Crippen LogP contribution is 2.20. The van der Waals surface area contributed by atoms with Crippen molar-refractivity contribution < 1.29 is 0 Å². The molecule has 2 aromatic heterocycles. The van der Waals surface area contributed by atoms with Gasteiger partial charge in [0.2, 0.25) is 0 Å². The Labute approximate surface area is 84.6 Å². The van der Waals surface area contributed by atoms with E-state index in [2.05, 4.69) is 20.1 Å². The van der Waals surface area contributed by atoms with Crippen molar-refractivity contribution in [2.75, 3.05) is 5.73 Å². The van der Waals surface area contributed by atoms with E-state index in [4.69, 9.17) is 5.73 Å². The van der Waals surface area contributed by atoms with Crippen molar-refractivity contribution >= 4 is 17.4 Å². The molecular formula is C7H8N6S. The maximum Gasteiger partial charge on any atom is 0.195 e. The molecule has 2 aromatic rings. The third kappa shape index (κ3) is 1.82. The Kier molecular flexibility index (Phi) is 2.32. The normalized spacial score (nSPS) is 10.4. The van der Waals surface area contributed by atoms with Crippen LogP contribution in [0.15, 0.2) is 29.0 Å². The van der Waals surface area contributed by atoms with Crippen molar-refractivity contribution in [3.8, 4) is 0 Å². The van der Waals surface area contributed by atoms with E-state index in [0.29, 0.717) is 10.8 Å². The van der Waals surface area contributed by atoms with Crippen LogP contribution in [0.5, 0.6) is 0 Å². The molecule has 0 saturated heterocycles. The molecule has 0 aromatic carbocycles. The van der Waals surface area contributed by atoms with Crippen LogP contribution < -0.4 is 5.73 Å². The van der Waals surface area contributed by atoms with Gasteiger partial charge in [-0.2, -0.15) is 5.10 Å². The second-order valence-corrected chi connectivity index (χ2v) is 3.50. The van der Waals surface area contributed by atoms with Gasteiger partial charge in [-0.1, -0.05) is 0 Å². The highest BCUT2D eigenvalue weighted by Gasteiger charge is 2.04. The number of anilines is 1. The molecule has 0 bridgehead atoms. The summed E-state index contributed by atoms with van der Waals surface area (Å²) in [5.41, 5.74) is 6.01. The topological polar surface area (TPSA) is 82.5 Å². The SMILES string of the molecule is Cn1ncnc1Sc1ncc(N)cn1. The van der Waals surface area contributed by atoms with Gasteiger partial charge in [0.1, 0.15) is 6.33 Å². The van der Waals surface area contributed by atoms with E-state index in [1.165, 1.54) is 18.1 Å². The van der Waals surface area contributed by atoms with Crippen LogP contribution in [0.2, 0.25) is 0 Å². The number of nitrogen functional groups attached to an aromatic ring is 1. The Hall–Kier alpha value is -1.63. The molecule has 0 aliphatic rings. The molecule has 6 nitrogen and oxygen atoms in total. The molecule has 0 amide bonds. The van der Waals surface area contributed by atoms with Gasteiger partial charge in [0.05, 0.1) is 18.1 Å². The molecule has 0 spiro atoms. The Morgan fingerprint density at radius 3 is 2.57 bits per heavy atom. The Morgan fingerprint density at radius 1 is 1.29 bits per heavy atom. The summed E-state index contributed by atoms with van der Waals surface area (Å²) in [5, 5.41) is 5.29. The predicted octanol–water partition coefficient (Wildman–Crippen LogP) is 0.339. The lowest BCUT2D eigenvalue weighted by molar-refractivity contribution is 0.683. The van der Waals surface area contributed by atoms with E-state index in [9.17, 15) is 0 Å². The van der Waals surface area contributed by atoms with Crippen LogP contribution in [0.3, 0.4) is 0 Å². The first kappa shape index (κ1) is 8.95. The van der Waals surface area contributed by atoms with Crippen molar-refractivity contribution in [1.82, 2.24) is 24.7 Å². The molecule has 2 heterocycles. The number of hydrogen-bond donors (Lipinski definition) is 1. The number of rotatable bonds is 2. The van der Waals surface area contributed by atoms with Gasteiger partial charge in [0.15, 0.2) is 10.3 Å². The molecule has 7 heteroatoms.